The normalized spacial score (nSPS) is 22.0. The Morgan fingerprint density at radius 1 is 0.887 bits per heavy atom. The van der Waals surface area contributed by atoms with Gasteiger partial charge in [-0.15, -0.1) is 33.5 Å². The second kappa shape index (κ2) is 21.4. The van der Waals surface area contributed by atoms with Gasteiger partial charge in [-0.3, -0.25) is 14.4 Å². The van der Waals surface area contributed by atoms with Crippen molar-refractivity contribution >= 4 is 70.7 Å². The summed E-state index contributed by atoms with van der Waals surface area (Å²) >= 11 is 0. The fourth-order valence-corrected chi connectivity index (χ4v) is 9.35. The molecule has 0 saturated carbocycles. The topological polar surface area (TPSA) is 146 Å². The number of hydrogen-bond donors (Lipinski definition) is 1. The van der Waals surface area contributed by atoms with Gasteiger partial charge in [-0.05, 0) is 88.7 Å². The number of fused-ring (bicyclic) bond motifs is 7. The molecule has 0 unspecified atom stereocenters. The summed E-state index contributed by atoms with van der Waals surface area (Å²) in [6.45, 7) is 20.9. The van der Waals surface area contributed by atoms with E-state index in [9.17, 15) is 19.5 Å². The zero-order valence-electron chi connectivity index (χ0n) is 38.5. The third kappa shape index (κ3) is 10.1. The van der Waals surface area contributed by atoms with Crippen LogP contribution in [0.4, 0.5) is 0 Å². The smallest absolute Gasteiger partial charge is 0.664 e. The van der Waals surface area contributed by atoms with Gasteiger partial charge in [0.25, 0.3) is 0 Å². The van der Waals surface area contributed by atoms with Crippen LogP contribution in [0.5, 0.6) is 0 Å². The molecule has 328 valence electrons. The van der Waals surface area contributed by atoms with Crippen molar-refractivity contribution in [2.75, 3.05) is 20.3 Å². The van der Waals surface area contributed by atoms with Crippen LogP contribution in [0.2, 0.25) is 0 Å². The minimum absolute atomic E-state index is 0. The predicted molar refractivity (Wildman–Crippen MR) is 248 cm³/mol. The van der Waals surface area contributed by atoms with E-state index >= 15 is 0 Å². The quantitative estimate of drug-likeness (QED) is 0.0584. The van der Waals surface area contributed by atoms with E-state index in [0.717, 1.165) is 58.1 Å². The Morgan fingerprint density at radius 2 is 1.58 bits per heavy atom. The Hall–Kier alpha value is -4.32. The van der Waals surface area contributed by atoms with E-state index in [-0.39, 0.29) is 55.1 Å². The van der Waals surface area contributed by atoms with E-state index in [0.29, 0.717) is 56.8 Å². The third-order valence-corrected chi connectivity index (χ3v) is 13.4. The first kappa shape index (κ1) is 48.7. The van der Waals surface area contributed by atoms with Crippen molar-refractivity contribution in [3.63, 3.8) is 0 Å². The first-order valence-corrected chi connectivity index (χ1v) is 22.3. The number of aliphatic hydroxyl groups is 1. The molecule has 0 spiro atoms. The number of aliphatic hydroxyl groups excluding tert-OH is 1. The van der Waals surface area contributed by atoms with Crippen molar-refractivity contribution < 1.29 is 29.0 Å². The minimum Gasteiger partial charge on any atom is -0.664 e. The molecule has 0 aromatic carbocycles. The fraction of sp³-hybridized carbons (Fsp3) is 0.510. The first-order chi connectivity index (χ1) is 29.3. The maximum atomic E-state index is 14.3. The summed E-state index contributed by atoms with van der Waals surface area (Å²) < 4.78 is 11.0. The zero-order valence-corrected chi connectivity index (χ0v) is 39.9. The Bertz CT molecular complexity index is 2390. The van der Waals surface area contributed by atoms with Crippen LogP contribution in [0.25, 0.3) is 35.2 Å². The Morgan fingerprint density at radius 3 is 2.26 bits per heavy atom. The second-order valence-corrected chi connectivity index (χ2v) is 17.5. The molecule has 62 heavy (non-hydrogen) atoms. The van der Waals surface area contributed by atoms with E-state index in [4.69, 9.17) is 29.7 Å². The summed E-state index contributed by atoms with van der Waals surface area (Å²) in [6.07, 6.45) is 18.9. The number of ketones is 1. The van der Waals surface area contributed by atoms with Gasteiger partial charge in [-0.2, -0.15) is 11.4 Å². The van der Waals surface area contributed by atoms with Crippen LogP contribution >= 0.6 is 0 Å². The van der Waals surface area contributed by atoms with Gasteiger partial charge in [-0.1, -0.05) is 124 Å². The van der Waals surface area contributed by atoms with Gasteiger partial charge in [0, 0.05) is 18.6 Å². The molecular formula is C51H64MgN4O6-2. The number of methoxy groups -OCH3 is 1. The second-order valence-electron chi connectivity index (χ2n) is 17.5. The maximum absolute atomic E-state index is 14.3. The Kier molecular flexibility index (Phi) is 16.8. The van der Waals surface area contributed by atoms with Crippen molar-refractivity contribution in [2.24, 2.45) is 29.6 Å². The van der Waals surface area contributed by atoms with Crippen molar-refractivity contribution in [2.45, 2.75) is 120 Å². The van der Waals surface area contributed by atoms with E-state index in [1.807, 2.05) is 45.1 Å². The summed E-state index contributed by atoms with van der Waals surface area (Å²) in [5, 5.41) is 17.7. The molecule has 1 N–H and O–H groups in total. The molecule has 5 atom stereocenters. The Labute approximate surface area is 384 Å². The van der Waals surface area contributed by atoms with Gasteiger partial charge in [0.05, 0.1) is 7.11 Å². The van der Waals surface area contributed by atoms with Crippen molar-refractivity contribution in [3.8, 4) is 0 Å². The number of ether oxygens (including phenoxy) is 2. The van der Waals surface area contributed by atoms with E-state index < -0.39 is 29.5 Å². The molecule has 3 aromatic heterocycles. The third-order valence-electron chi connectivity index (χ3n) is 13.4. The molecule has 8 bridgehead atoms. The largest absolute Gasteiger partial charge is 2.00 e. The number of aromatic nitrogens is 3. The van der Waals surface area contributed by atoms with Gasteiger partial charge in [0.15, 0.2) is 5.78 Å². The van der Waals surface area contributed by atoms with Gasteiger partial charge in [-0.25, -0.2) is 0 Å². The molecule has 2 aliphatic heterocycles. The summed E-state index contributed by atoms with van der Waals surface area (Å²) in [5.74, 6) is -2.44. The van der Waals surface area contributed by atoms with Gasteiger partial charge in [0.2, 0.25) is 0 Å². The van der Waals surface area contributed by atoms with E-state index in [2.05, 4.69) is 41.2 Å². The molecule has 0 amide bonds. The van der Waals surface area contributed by atoms with Crippen LogP contribution in [0, 0.1) is 50.4 Å². The minimum atomic E-state index is -1.30. The van der Waals surface area contributed by atoms with Crippen LogP contribution in [0.3, 0.4) is 0 Å². The molecule has 10 nitrogen and oxygen atoms in total. The predicted octanol–water partition coefficient (Wildman–Crippen LogP) is 7.92. The molecule has 1 fully saturated rings. The number of Topliss-reactive ketones (excluding diaryl/α,β-unsaturated/α-hetero) is 1. The van der Waals surface area contributed by atoms with Crippen LogP contribution < -0.4 is 25.7 Å². The van der Waals surface area contributed by atoms with Gasteiger partial charge < -0.3 is 34.8 Å². The summed E-state index contributed by atoms with van der Waals surface area (Å²) in [6, 6.07) is 0. The number of esters is 2. The average molecular weight is 853 g/mol. The molecular weight excluding hydrogens is 789 g/mol. The van der Waals surface area contributed by atoms with Crippen LogP contribution in [-0.2, 0) is 25.5 Å². The number of carbonyl (C=O) groups is 3. The van der Waals surface area contributed by atoms with E-state index in [1.165, 1.54) is 44.8 Å². The van der Waals surface area contributed by atoms with Crippen LogP contribution in [0.15, 0.2) is 29.6 Å². The fourth-order valence-electron chi connectivity index (χ4n) is 9.35. The van der Waals surface area contributed by atoms with E-state index in [1.54, 1.807) is 6.08 Å². The zero-order chi connectivity index (χ0) is 44.1. The first-order valence-electron chi connectivity index (χ1n) is 22.3. The maximum Gasteiger partial charge on any atom is 2.00 e. The molecule has 5 heterocycles. The SMILES string of the molecule is C=Cc1c2[n-]c(c1C)/C=C1\[N-]/C(=C3\c4[n-]c(c(C)c4C(=O)[C@@H]3C(=O)OC)/C=c3\[n-]/c(c(C)c3CC)=C\2)[C@@H](CCC(=O)OC/C=C(\C)CCC[C@H](C)CCC[C@H](C)CC)[C@@H]1CO.[Mg+2]. The van der Waals surface area contributed by atoms with Crippen LogP contribution in [0.1, 0.15) is 153 Å². The number of carbonyl (C=O) groups excluding carboxylic acids is 3. The molecule has 11 heteroatoms. The molecule has 3 aliphatic rings. The molecule has 0 radical (unpaired) electrons. The molecule has 1 aliphatic carbocycles. The molecule has 1 saturated heterocycles. The average Bonchev–Trinajstić information content (AvgIpc) is 3.99. The van der Waals surface area contributed by atoms with Gasteiger partial charge >= 0.3 is 35.0 Å². The number of nitrogens with zero attached hydrogens (tertiary/aromatic N) is 4. The van der Waals surface area contributed by atoms with Crippen LogP contribution in [-0.4, -0.2) is 66.2 Å². The number of allylic oxidation sites excluding steroid dienone is 2. The number of hydrogen-bond acceptors (Lipinski definition) is 6. The Balaban J connectivity index is 0.00000726. The standard InChI is InChI=1S/C51H65N4O6.Mg/c1-11-28(4)16-14-17-29(5)18-15-19-30(6)22-23-61-44(57)21-20-36-37(27-56)43-25-39-32(8)34(12-2)41(53-39)24-38-31(7)35(13-3)42(52-38)26-40-33(9)45-49(54-40)46(48(36)55-43)47(50(45)58)51(59)60-10;/h12,22,24-26,28-29,36-37,47,56H,2,11,13-21,23,27H2,1,3-10H3,(H-,54,55,58);/q-3;+2/p-1/b30-22+,38-24-,42-26-,43-25-;/t28-,29-,36+,37+,47-;/m1./s1. The van der Waals surface area contributed by atoms with Crippen molar-refractivity contribution in [1.82, 2.24) is 15.0 Å². The monoisotopic (exact) mass is 852 g/mol. The van der Waals surface area contributed by atoms with Crippen molar-refractivity contribution in [1.29, 1.82) is 0 Å². The molecule has 3 aromatic rings. The van der Waals surface area contributed by atoms with Gasteiger partial charge in [0.1, 0.15) is 12.5 Å². The number of rotatable bonds is 18. The molecule has 6 rings (SSSR count). The summed E-state index contributed by atoms with van der Waals surface area (Å²) in [7, 11) is 1.26. The van der Waals surface area contributed by atoms with Crippen molar-refractivity contribution in [3.05, 3.63) is 102 Å². The summed E-state index contributed by atoms with van der Waals surface area (Å²) in [5.41, 5.74) is 9.63. The summed E-state index contributed by atoms with van der Waals surface area (Å²) in [4.78, 5) is 56.4.